The maximum absolute atomic E-state index is 13.0. The van der Waals surface area contributed by atoms with Gasteiger partial charge in [-0.2, -0.15) is 13.2 Å². The van der Waals surface area contributed by atoms with Crippen molar-refractivity contribution in [2.24, 2.45) is 0 Å². The van der Waals surface area contributed by atoms with Gasteiger partial charge in [0, 0.05) is 43.0 Å². The van der Waals surface area contributed by atoms with Gasteiger partial charge in [0.2, 0.25) is 5.88 Å². The SMILES string of the molecule is O=C(Nc1cccc(C(F)(F)F)c1)n1ccc2cc(Oc3cc(CN4CCOCC4)ncn3)ccc21. The monoisotopic (exact) mass is 497 g/mol. The maximum atomic E-state index is 13.0. The highest BCUT2D eigenvalue weighted by molar-refractivity contribution is 5.98. The van der Waals surface area contributed by atoms with Crippen molar-refractivity contribution in [2.45, 2.75) is 12.7 Å². The Kier molecular flexibility index (Phi) is 6.57. The summed E-state index contributed by atoms with van der Waals surface area (Å²) in [5.41, 5.74) is 0.619. The molecule has 0 unspecified atom stereocenters. The van der Waals surface area contributed by atoms with Gasteiger partial charge in [-0.05, 0) is 42.5 Å². The minimum Gasteiger partial charge on any atom is -0.439 e. The van der Waals surface area contributed by atoms with E-state index in [2.05, 4.69) is 20.2 Å². The molecule has 36 heavy (non-hydrogen) atoms. The van der Waals surface area contributed by atoms with Crippen LogP contribution in [0.1, 0.15) is 11.3 Å². The van der Waals surface area contributed by atoms with E-state index in [1.165, 1.54) is 23.0 Å². The average molecular weight is 497 g/mol. The molecule has 0 aliphatic carbocycles. The summed E-state index contributed by atoms with van der Waals surface area (Å²) >= 11 is 0. The minimum atomic E-state index is -4.50. The molecule has 3 heterocycles. The Morgan fingerprint density at radius 1 is 1.06 bits per heavy atom. The molecule has 11 heteroatoms. The molecular formula is C25H22F3N5O3. The van der Waals surface area contributed by atoms with Gasteiger partial charge in [0.15, 0.2) is 0 Å². The van der Waals surface area contributed by atoms with Crippen molar-refractivity contribution in [1.82, 2.24) is 19.4 Å². The van der Waals surface area contributed by atoms with Crippen LogP contribution in [0, 0.1) is 0 Å². The predicted octanol–water partition coefficient (Wildman–Crippen LogP) is 5.15. The summed E-state index contributed by atoms with van der Waals surface area (Å²) in [5, 5.41) is 3.22. The number of carbonyl (C=O) groups excluding carboxylic acids is 1. The fourth-order valence-electron chi connectivity index (χ4n) is 3.95. The lowest BCUT2D eigenvalue weighted by Crippen LogP contribution is -2.35. The molecule has 5 rings (SSSR count). The first-order chi connectivity index (χ1) is 17.3. The van der Waals surface area contributed by atoms with Gasteiger partial charge >= 0.3 is 12.2 Å². The first-order valence-corrected chi connectivity index (χ1v) is 11.2. The molecule has 8 nitrogen and oxygen atoms in total. The van der Waals surface area contributed by atoms with Crippen LogP contribution < -0.4 is 10.1 Å². The van der Waals surface area contributed by atoms with Crippen LogP contribution in [0.15, 0.2) is 67.1 Å². The van der Waals surface area contributed by atoms with E-state index in [-0.39, 0.29) is 5.69 Å². The van der Waals surface area contributed by atoms with Gasteiger partial charge in [0.25, 0.3) is 0 Å². The number of nitrogens with zero attached hydrogens (tertiary/aromatic N) is 4. The number of nitrogens with one attached hydrogen (secondary N) is 1. The highest BCUT2D eigenvalue weighted by Crippen LogP contribution is 2.31. The number of aromatic nitrogens is 3. The van der Waals surface area contributed by atoms with Gasteiger partial charge in [-0.3, -0.25) is 9.47 Å². The normalized spacial score (nSPS) is 14.6. The summed E-state index contributed by atoms with van der Waals surface area (Å²) in [6, 6.07) is 12.6. The fraction of sp³-hybridized carbons (Fsp3) is 0.240. The van der Waals surface area contributed by atoms with Crippen molar-refractivity contribution in [2.75, 3.05) is 31.6 Å². The van der Waals surface area contributed by atoms with Crippen LogP contribution in [0.4, 0.5) is 23.7 Å². The topological polar surface area (TPSA) is 81.5 Å². The number of hydrogen-bond donors (Lipinski definition) is 1. The van der Waals surface area contributed by atoms with E-state index >= 15 is 0 Å². The highest BCUT2D eigenvalue weighted by Gasteiger charge is 2.30. The summed E-state index contributed by atoms with van der Waals surface area (Å²) < 4.78 is 51.5. The Balaban J connectivity index is 1.29. The number of rotatable bonds is 5. The number of hydrogen-bond acceptors (Lipinski definition) is 6. The van der Waals surface area contributed by atoms with E-state index in [1.54, 1.807) is 36.5 Å². The second-order valence-electron chi connectivity index (χ2n) is 8.25. The van der Waals surface area contributed by atoms with Gasteiger partial charge in [-0.15, -0.1) is 0 Å². The van der Waals surface area contributed by atoms with Gasteiger partial charge in [0.05, 0.1) is 30.0 Å². The largest absolute Gasteiger partial charge is 0.439 e. The molecule has 0 bridgehead atoms. The van der Waals surface area contributed by atoms with E-state index in [1.807, 2.05) is 0 Å². The number of amides is 1. The van der Waals surface area contributed by atoms with E-state index in [0.717, 1.165) is 30.9 Å². The molecule has 186 valence electrons. The summed E-state index contributed by atoms with van der Waals surface area (Å²) in [4.78, 5) is 23.5. The number of alkyl halides is 3. The second-order valence-corrected chi connectivity index (χ2v) is 8.25. The third kappa shape index (κ3) is 5.47. The van der Waals surface area contributed by atoms with Gasteiger partial charge in [0.1, 0.15) is 12.1 Å². The Labute approximate surface area is 204 Å². The minimum absolute atomic E-state index is 0.0493. The van der Waals surface area contributed by atoms with Gasteiger partial charge < -0.3 is 14.8 Å². The first-order valence-electron chi connectivity index (χ1n) is 11.2. The number of ether oxygens (including phenoxy) is 2. The van der Waals surface area contributed by atoms with Crippen molar-refractivity contribution in [3.05, 3.63) is 78.4 Å². The summed E-state index contributed by atoms with van der Waals surface area (Å²) in [6.45, 7) is 3.76. The molecule has 1 aliphatic heterocycles. The molecule has 2 aromatic carbocycles. The lowest BCUT2D eigenvalue weighted by atomic mass is 10.2. The van der Waals surface area contributed by atoms with Crippen LogP contribution in [-0.2, 0) is 17.5 Å². The third-order valence-corrected chi connectivity index (χ3v) is 5.73. The molecule has 1 N–H and O–H groups in total. The highest BCUT2D eigenvalue weighted by atomic mass is 19.4. The smallest absolute Gasteiger partial charge is 0.416 e. The molecule has 0 atom stereocenters. The zero-order valence-electron chi connectivity index (χ0n) is 19.0. The van der Waals surface area contributed by atoms with Crippen LogP contribution in [0.25, 0.3) is 10.9 Å². The van der Waals surface area contributed by atoms with Gasteiger partial charge in [-0.1, -0.05) is 6.07 Å². The Bertz CT molecular complexity index is 1380. The number of halogens is 3. The molecule has 1 aliphatic rings. The number of fused-ring (bicyclic) bond motifs is 1. The average Bonchev–Trinajstić information content (AvgIpc) is 3.28. The summed E-state index contributed by atoms with van der Waals surface area (Å²) in [7, 11) is 0. The molecular weight excluding hydrogens is 475 g/mol. The third-order valence-electron chi connectivity index (χ3n) is 5.73. The molecule has 2 aromatic heterocycles. The molecule has 0 saturated carbocycles. The van der Waals surface area contributed by atoms with Crippen molar-refractivity contribution in [1.29, 1.82) is 0 Å². The van der Waals surface area contributed by atoms with E-state index in [0.29, 0.717) is 42.3 Å². The zero-order valence-corrected chi connectivity index (χ0v) is 19.0. The fourth-order valence-corrected chi connectivity index (χ4v) is 3.95. The lowest BCUT2D eigenvalue weighted by Gasteiger charge is -2.26. The zero-order chi connectivity index (χ0) is 25.1. The Morgan fingerprint density at radius 3 is 2.69 bits per heavy atom. The number of morpholine rings is 1. The molecule has 1 amide bonds. The van der Waals surface area contributed by atoms with Gasteiger partial charge in [-0.25, -0.2) is 14.8 Å². The Hall–Kier alpha value is -3.96. The first kappa shape index (κ1) is 23.8. The van der Waals surface area contributed by atoms with Crippen LogP contribution in [0.2, 0.25) is 0 Å². The van der Waals surface area contributed by atoms with Crippen LogP contribution in [-0.4, -0.2) is 51.8 Å². The predicted molar refractivity (Wildman–Crippen MR) is 126 cm³/mol. The van der Waals surface area contributed by atoms with Crippen molar-refractivity contribution in [3.8, 4) is 11.6 Å². The van der Waals surface area contributed by atoms with E-state index in [4.69, 9.17) is 9.47 Å². The van der Waals surface area contributed by atoms with Crippen LogP contribution in [0.3, 0.4) is 0 Å². The maximum Gasteiger partial charge on any atom is 0.416 e. The quantitative estimate of drug-likeness (QED) is 0.411. The number of benzene rings is 2. The summed E-state index contributed by atoms with van der Waals surface area (Å²) in [5.74, 6) is 0.920. The lowest BCUT2D eigenvalue weighted by molar-refractivity contribution is -0.137. The number of anilines is 1. The van der Waals surface area contributed by atoms with Crippen LogP contribution >= 0.6 is 0 Å². The number of carbonyl (C=O) groups is 1. The molecule has 0 spiro atoms. The Morgan fingerprint density at radius 2 is 1.89 bits per heavy atom. The molecule has 1 saturated heterocycles. The molecule has 4 aromatic rings. The van der Waals surface area contributed by atoms with E-state index < -0.39 is 17.8 Å². The second kappa shape index (κ2) is 9.96. The summed E-state index contributed by atoms with van der Waals surface area (Å²) in [6.07, 6.45) is -1.50. The molecule has 0 radical (unpaired) electrons. The standard InChI is InChI=1S/C25H22F3N5O3/c26-25(27,28)18-2-1-3-19(13-18)31-24(34)33-7-6-17-12-21(4-5-22(17)33)36-23-14-20(29-16-30-23)15-32-8-10-35-11-9-32/h1-7,12-14,16H,8-11,15H2,(H,31,34). The van der Waals surface area contributed by atoms with E-state index in [9.17, 15) is 18.0 Å². The van der Waals surface area contributed by atoms with Crippen LogP contribution in [0.5, 0.6) is 11.6 Å². The van der Waals surface area contributed by atoms with Crippen molar-refractivity contribution in [3.63, 3.8) is 0 Å². The van der Waals surface area contributed by atoms with Crippen molar-refractivity contribution < 1.29 is 27.4 Å². The van der Waals surface area contributed by atoms with Crippen molar-refractivity contribution >= 4 is 22.6 Å². The molecule has 1 fully saturated rings.